The fraction of sp³-hybridized carbons (Fsp3) is 0.0833. The SMILES string of the molecule is Cc1cc(Br)c(F)cc1NS(=O)(=O)c1cnccc1Cl. The molecule has 0 saturated carbocycles. The van der Waals surface area contributed by atoms with Crippen molar-refractivity contribution >= 4 is 43.2 Å². The third-order valence-corrected chi connectivity index (χ3v) is 4.98. The average molecular weight is 380 g/mol. The summed E-state index contributed by atoms with van der Waals surface area (Å²) in [6, 6.07) is 3.95. The van der Waals surface area contributed by atoms with Crippen LogP contribution in [0.4, 0.5) is 10.1 Å². The lowest BCUT2D eigenvalue weighted by atomic mass is 10.2. The second kappa shape index (κ2) is 5.67. The molecule has 1 aromatic carbocycles. The van der Waals surface area contributed by atoms with Crippen LogP contribution in [-0.4, -0.2) is 13.4 Å². The number of sulfonamides is 1. The zero-order chi connectivity index (χ0) is 14.9. The van der Waals surface area contributed by atoms with Gasteiger partial charge in [-0.05, 0) is 46.6 Å². The van der Waals surface area contributed by atoms with Crippen LogP contribution in [0.2, 0.25) is 5.02 Å². The minimum absolute atomic E-state index is 0.0442. The van der Waals surface area contributed by atoms with E-state index in [2.05, 4.69) is 25.6 Å². The number of aromatic nitrogens is 1. The Balaban J connectivity index is 2.44. The Morgan fingerprint density at radius 2 is 2.10 bits per heavy atom. The van der Waals surface area contributed by atoms with Crippen LogP contribution in [0.1, 0.15) is 5.56 Å². The highest BCUT2D eigenvalue weighted by Crippen LogP contribution is 2.27. The van der Waals surface area contributed by atoms with Gasteiger partial charge in [0, 0.05) is 12.4 Å². The van der Waals surface area contributed by atoms with E-state index < -0.39 is 15.8 Å². The number of nitrogens with one attached hydrogen (secondary N) is 1. The summed E-state index contributed by atoms with van der Waals surface area (Å²) >= 11 is 8.86. The van der Waals surface area contributed by atoms with Gasteiger partial charge in [-0.15, -0.1) is 0 Å². The summed E-state index contributed by atoms with van der Waals surface area (Å²) in [5, 5.41) is 0.0442. The van der Waals surface area contributed by atoms with E-state index in [9.17, 15) is 12.8 Å². The summed E-state index contributed by atoms with van der Waals surface area (Å²) in [6.45, 7) is 1.66. The van der Waals surface area contributed by atoms with Crippen LogP contribution >= 0.6 is 27.5 Å². The monoisotopic (exact) mass is 378 g/mol. The molecule has 20 heavy (non-hydrogen) atoms. The van der Waals surface area contributed by atoms with Crippen molar-refractivity contribution in [2.75, 3.05) is 4.72 Å². The number of benzene rings is 1. The number of anilines is 1. The van der Waals surface area contributed by atoms with Crippen molar-refractivity contribution in [1.29, 1.82) is 0 Å². The van der Waals surface area contributed by atoms with Gasteiger partial charge < -0.3 is 0 Å². The third kappa shape index (κ3) is 3.11. The van der Waals surface area contributed by atoms with Gasteiger partial charge in [0.25, 0.3) is 10.0 Å². The number of rotatable bonds is 3. The molecule has 0 aliphatic rings. The van der Waals surface area contributed by atoms with Gasteiger partial charge in [-0.1, -0.05) is 11.6 Å². The van der Waals surface area contributed by atoms with E-state index in [-0.39, 0.29) is 20.1 Å². The van der Waals surface area contributed by atoms with Gasteiger partial charge in [0.05, 0.1) is 15.2 Å². The lowest BCUT2D eigenvalue weighted by molar-refractivity contribution is 0.600. The van der Waals surface area contributed by atoms with Crippen molar-refractivity contribution in [2.45, 2.75) is 11.8 Å². The molecule has 0 unspecified atom stereocenters. The van der Waals surface area contributed by atoms with Crippen LogP contribution in [0.3, 0.4) is 0 Å². The fourth-order valence-electron chi connectivity index (χ4n) is 1.52. The first kappa shape index (κ1) is 15.2. The minimum atomic E-state index is -3.92. The van der Waals surface area contributed by atoms with Gasteiger partial charge in [0.2, 0.25) is 0 Å². The molecular formula is C12H9BrClFN2O2S. The second-order valence-corrected chi connectivity index (χ2v) is 6.91. The van der Waals surface area contributed by atoms with E-state index in [1.807, 2.05) is 0 Å². The second-order valence-electron chi connectivity index (χ2n) is 3.99. The lowest BCUT2D eigenvalue weighted by Crippen LogP contribution is -2.14. The number of aryl methyl sites for hydroxylation is 1. The fourth-order valence-corrected chi connectivity index (χ4v) is 3.53. The molecule has 1 heterocycles. The van der Waals surface area contributed by atoms with E-state index in [1.54, 1.807) is 6.92 Å². The molecule has 0 fully saturated rings. The Morgan fingerprint density at radius 1 is 1.40 bits per heavy atom. The molecule has 0 radical (unpaired) electrons. The van der Waals surface area contributed by atoms with Gasteiger partial charge in [0.1, 0.15) is 10.7 Å². The Bertz CT molecular complexity index is 768. The van der Waals surface area contributed by atoms with Crippen molar-refractivity contribution in [2.24, 2.45) is 0 Å². The Labute approximate surface area is 129 Å². The van der Waals surface area contributed by atoms with E-state index >= 15 is 0 Å². The highest BCUT2D eigenvalue weighted by molar-refractivity contribution is 9.10. The number of hydrogen-bond acceptors (Lipinski definition) is 3. The zero-order valence-corrected chi connectivity index (χ0v) is 13.4. The van der Waals surface area contributed by atoms with Crippen LogP contribution in [-0.2, 0) is 10.0 Å². The lowest BCUT2D eigenvalue weighted by Gasteiger charge is -2.12. The Kier molecular flexibility index (Phi) is 4.31. The molecule has 0 saturated heterocycles. The molecule has 0 bridgehead atoms. The highest BCUT2D eigenvalue weighted by atomic mass is 79.9. The van der Waals surface area contributed by atoms with Crippen molar-refractivity contribution in [3.63, 3.8) is 0 Å². The molecule has 0 atom stereocenters. The molecule has 0 amide bonds. The zero-order valence-electron chi connectivity index (χ0n) is 10.2. The van der Waals surface area contributed by atoms with Crippen molar-refractivity contribution in [3.05, 3.63) is 51.5 Å². The quantitative estimate of drug-likeness (QED) is 0.883. The summed E-state index contributed by atoms with van der Waals surface area (Å²) < 4.78 is 40.5. The summed E-state index contributed by atoms with van der Waals surface area (Å²) in [6.07, 6.45) is 2.51. The maximum absolute atomic E-state index is 13.5. The summed E-state index contributed by atoms with van der Waals surface area (Å²) in [4.78, 5) is 3.56. The standard InChI is InChI=1S/C12H9BrClFN2O2S/c1-7-4-8(13)10(15)5-11(7)17-20(18,19)12-6-16-3-2-9(12)14/h2-6,17H,1H3. The van der Waals surface area contributed by atoms with Crippen LogP contribution in [0.5, 0.6) is 0 Å². The van der Waals surface area contributed by atoms with Gasteiger partial charge in [0.15, 0.2) is 0 Å². The van der Waals surface area contributed by atoms with Crippen LogP contribution in [0.25, 0.3) is 0 Å². The summed E-state index contributed by atoms with van der Waals surface area (Å²) in [5.41, 5.74) is 0.715. The molecule has 1 aromatic heterocycles. The molecule has 2 rings (SSSR count). The predicted octanol–water partition coefficient (Wildman–Crippen LogP) is 3.75. The summed E-state index contributed by atoms with van der Waals surface area (Å²) in [7, 11) is -3.92. The van der Waals surface area contributed by atoms with Crippen LogP contribution < -0.4 is 4.72 Å². The average Bonchev–Trinajstić information content (AvgIpc) is 2.36. The topological polar surface area (TPSA) is 59.1 Å². The molecule has 4 nitrogen and oxygen atoms in total. The molecule has 0 aliphatic heterocycles. The Hall–Kier alpha value is -1.18. The number of nitrogens with zero attached hydrogens (tertiary/aromatic N) is 1. The number of pyridine rings is 1. The van der Waals surface area contributed by atoms with Crippen molar-refractivity contribution in [1.82, 2.24) is 4.98 Å². The van der Waals surface area contributed by atoms with E-state index in [0.717, 1.165) is 12.3 Å². The summed E-state index contributed by atoms with van der Waals surface area (Å²) in [5.74, 6) is -0.564. The number of halogens is 3. The van der Waals surface area contributed by atoms with Crippen molar-refractivity contribution in [3.8, 4) is 0 Å². The van der Waals surface area contributed by atoms with E-state index in [1.165, 1.54) is 18.3 Å². The van der Waals surface area contributed by atoms with E-state index in [4.69, 9.17) is 11.6 Å². The first-order valence-electron chi connectivity index (χ1n) is 5.39. The van der Waals surface area contributed by atoms with Crippen LogP contribution in [0, 0.1) is 12.7 Å². The largest absolute Gasteiger partial charge is 0.279 e. The maximum atomic E-state index is 13.5. The molecule has 2 aromatic rings. The molecule has 0 spiro atoms. The molecule has 106 valence electrons. The van der Waals surface area contributed by atoms with E-state index in [0.29, 0.717) is 5.56 Å². The van der Waals surface area contributed by atoms with Gasteiger partial charge in [-0.25, -0.2) is 12.8 Å². The first-order valence-corrected chi connectivity index (χ1v) is 8.04. The van der Waals surface area contributed by atoms with Gasteiger partial charge in [-0.2, -0.15) is 0 Å². The number of hydrogen-bond donors (Lipinski definition) is 1. The Morgan fingerprint density at radius 3 is 2.75 bits per heavy atom. The normalized spacial score (nSPS) is 11.4. The molecule has 1 N–H and O–H groups in total. The minimum Gasteiger partial charge on any atom is -0.279 e. The smallest absolute Gasteiger partial charge is 0.264 e. The predicted molar refractivity (Wildman–Crippen MR) is 78.9 cm³/mol. The molecule has 0 aliphatic carbocycles. The van der Waals surface area contributed by atoms with Gasteiger partial charge >= 0.3 is 0 Å². The molecular weight excluding hydrogens is 371 g/mol. The van der Waals surface area contributed by atoms with Crippen molar-refractivity contribution < 1.29 is 12.8 Å². The molecule has 8 heteroatoms. The van der Waals surface area contributed by atoms with Gasteiger partial charge in [-0.3, -0.25) is 9.71 Å². The third-order valence-electron chi connectivity index (χ3n) is 2.54. The highest BCUT2D eigenvalue weighted by Gasteiger charge is 2.19. The maximum Gasteiger partial charge on any atom is 0.264 e. The van der Waals surface area contributed by atoms with Crippen LogP contribution in [0.15, 0.2) is 40.0 Å². The first-order chi connectivity index (χ1) is 9.31.